The van der Waals surface area contributed by atoms with E-state index < -0.39 is 0 Å². The van der Waals surface area contributed by atoms with E-state index in [2.05, 4.69) is 11.1 Å². The molecule has 0 unspecified atom stereocenters. The van der Waals surface area contributed by atoms with Crippen molar-refractivity contribution in [2.75, 3.05) is 13.7 Å². The first kappa shape index (κ1) is 6.33. The highest BCUT2D eigenvalue weighted by molar-refractivity contribution is 5.93. The first-order chi connectivity index (χ1) is 4.34. The zero-order valence-corrected chi connectivity index (χ0v) is 5.85. The maximum absolute atomic E-state index is 4.99. The van der Waals surface area contributed by atoms with Gasteiger partial charge in [-0.1, -0.05) is 6.08 Å². The third-order valence-electron chi connectivity index (χ3n) is 1.37. The lowest BCUT2D eigenvalue weighted by Crippen LogP contribution is -2.07. The molecule has 0 bridgehead atoms. The molecule has 0 radical (unpaired) electrons. The number of hydrogen-bond acceptors (Lipinski definition) is 2. The maximum Gasteiger partial charge on any atom is 0.210 e. The summed E-state index contributed by atoms with van der Waals surface area (Å²) < 4.78 is 4.99. The summed E-state index contributed by atoms with van der Waals surface area (Å²) in [5, 5.41) is 0. The third-order valence-corrected chi connectivity index (χ3v) is 1.37. The van der Waals surface area contributed by atoms with Gasteiger partial charge in [0, 0.05) is 12.1 Å². The van der Waals surface area contributed by atoms with Crippen LogP contribution >= 0.6 is 0 Å². The van der Waals surface area contributed by atoms with Crippen LogP contribution in [-0.2, 0) is 4.74 Å². The smallest absolute Gasteiger partial charge is 0.210 e. The SMILES string of the molecule is COC1=NCCC=C1C. The molecule has 0 spiro atoms. The second-order valence-electron chi connectivity index (χ2n) is 2.07. The summed E-state index contributed by atoms with van der Waals surface area (Å²) in [6.07, 6.45) is 3.20. The molecule has 50 valence electrons. The molecule has 0 aromatic carbocycles. The molecule has 0 aromatic heterocycles. The average molecular weight is 125 g/mol. The molecule has 0 atom stereocenters. The fourth-order valence-electron chi connectivity index (χ4n) is 0.885. The van der Waals surface area contributed by atoms with E-state index in [0.29, 0.717) is 0 Å². The zero-order valence-electron chi connectivity index (χ0n) is 5.85. The van der Waals surface area contributed by atoms with Crippen molar-refractivity contribution in [1.82, 2.24) is 0 Å². The highest BCUT2D eigenvalue weighted by Crippen LogP contribution is 2.05. The van der Waals surface area contributed by atoms with Crippen molar-refractivity contribution in [3.8, 4) is 0 Å². The summed E-state index contributed by atoms with van der Waals surface area (Å²) in [5.74, 6) is 0.793. The van der Waals surface area contributed by atoms with Crippen LogP contribution < -0.4 is 0 Å². The molecule has 0 amide bonds. The topological polar surface area (TPSA) is 21.6 Å². The molecule has 0 fully saturated rings. The third kappa shape index (κ3) is 1.31. The molecule has 0 saturated carbocycles. The van der Waals surface area contributed by atoms with Crippen molar-refractivity contribution >= 4 is 5.90 Å². The molecule has 0 N–H and O–H groups in total. The predicted octanol–water partition coefficient (Wildman–Crippen LogP) is 1.38. The van der Waals surface area contributed by atoms with Gasteiger partial charge >= 0.3 is 0 Å². The van der Waals surface area contributed by atoms with Crippen LogP contribution in [0.5, 0.6) is 0 Å². The van der Waals surface area contributed by atoms with Gasteiger partial charge in [0.05, 0.1) is 7.11 Å². The van der Waals surface area contributed by atoms with Crippen LogP contribution in [0.25, 0.3) is 0 Å². The number of rotatable bonds is 0. The van der Waals surface area contributed by atoms with Gasteiger partial charge in [-0.05, 0) is 13.3 Å². The Balaban J connectivity index is 2.68. The van der Waals surface area contributed by atoms with Gasteiger partial charge in [-0.3, -0.25) is 4.99 Å². The van der Waals surface area contributed by atoms with Crippen LogP contribution in [0.3, 0.4) is 0 Å². The Morgan fingerprint density at radius 3 is 2.89 bits per heavy atom. The maximum atomic E-state index is 4.99. The van der Waals surface area contributed by atoms with Gasteiger partial charge in [0.1, 0.15) is 0 Å². The fraction of sp³-hybridized carbons (Fsp3) is 0.571. The van der Waals surface area contributed by atoms with Crippen LogP contribution in [0.1, 0.15) is 13.3 Å². The molecule has 1 aliphatic heterocycles. The van der Waals surface area contributed by atoms with Crippen LogP contribution in [0.2, 0.25) is 0 Å². The van der Waals surface area contributed by atoms with Gasteiger partial charge in [0.15, 0.2) is 0 Å². The van der Waals surface area contributed by atoms with Crippen LogP contribution in [0.4, 0.5) is 0 Å². The second kappa shape index (κ2) is 2.67. The monoisotopic (exact) mass is 125 g/mol. The number of dihydropyridines is 1. The minimum absolute atomic E-state index is 0.793. The normalized spacial score (nSPS) is 18.4. The first-order valence-electron chi connectivity index (χ1n) is 3.10. The molecular formula is C7H11NO. The molecule has 2 nitrogen and oxygen atoms in total. The Labute approximate surface area is 55.2 Å². The number of hydrogen-bond donors (Lipinski definition) is 0. The van der Waals surface area contributed by atoms with E-state index in [1.807, 2.05) is 6.92 Å². The number of ether oxygens (including phenoxy) is 1. The molecular weight excluding hydrogens is 114 g/mol. The van der Waals surface area contributed by atoms with Crippen LogP contribution in [-0.4, -0.2) is 19.6 Å². The van der Waals surface area contributed by atoms with E-state index in [-0.39, 0.29) is 0 Å². The van der Waals surface area contributed by atoms with Crippen molar-refractivity contribution < 1.29 is 4.74 Å². The van der Waals surface area contributed by atoms with Crippen molar-refractivity contribution in [1.29, 1.82) is 0 Å². The van der Waals surface area contributed by atoms with E-state index in [4.69, 9.17) is 4.74 Å². The highest BCUT2D eigenvalue weighted by atomic mass is 16.5. The average Bonchev–Trinajstić information content (AvgIpc) is 1.89. The molecule has 0 aliphatic carbocycles. The van der Waals surface area contributed by atoms with Crippen molar-refractivity contribution in [2.45, 2.75) is 13.3 Å². The Hall–Kier alpha value is -0.790. The minimum Gasteiger partial charge on any atom is -0.481 e. The molecule has 1 aliphatic rings. The van der Waals surface area contributed by atoms with Gasteiger partial charge in [-0.2, -0.15) is 0 Å². The fourth-order valence-corrected chi connectivity index (χ4v) is 0.885. The Morgan fingerprint density at radius 1 is 1.67 bits per heavy atom. The molecule has 2 heteroatoms. The Bertz CT molecular complexity index is 158. The molecule has 0 saturated heterocycles. The van der Waals surface area contributed by atoms with Gasteiger partial charge < -0.3 is 4.74 Å². The predicted molar refractivity (Wildman–Crippen MR) is 37.7 cm³/mol. The molecule has 0 aromatic rings. The number of methoxy groups -OCH3 is 1. The van der Waals surface area contributed by atoms with Crippen molar-refractivity contribution in [2.24, 2.45) is 4.99 Å². The summed E-state index contributed by atoms with van der Waals surface area (Å²) in [4.78, 5) is 4.16. The lowest BCUT2D eigenvalue weighted by molar-refractivity contribution is 0.399. The Kier molecular flexibility index (Phi) is 1.88. The standard InChI is InChI=1S/C7H11NO/c1-6-4-3-5-8-7(6)9-2/h4H,3,5H2,1-2H3. The van der Waals surface area contributed by atoms with E-state index >= 15 is 0 Å². The first-order valence-corrected chi connectivity index (χ1v) is 3.10. The lowest BCUT2D eigenvalue weighted by atomic mass is 10.2. The molecule has 9 heavy (non-hydrogen) atoms. The van der Waals surface area contributed by atoms with E-state index in [1.54, 1.807) is 7.11 Å². The lowest BCUT2D eigenvalue weighted by Gasteiger charge is -2.08. The minimum atomic E-state index is 0.793. The van der Waals surface area contributed by atoms with Crippen molar-refractivity contribution in [3.05, 3.63) is 11.6 Å². The zero-order chi connectivity index (χ0) is 6.69. The molecule has 1 rings (SSSR count). The number of aliphatic imine (C=N–C) groups is 1. The van der Waals surface area contributed by atoms with E-state index in [1.165, 1.54) is 0 Å². The Morgan fingerprint density at radius 2 is 2.44 bits per heavy atom. The summed E-state index contributed by atoms with van der Waals surface area (Å²) >= 11 is 0. The summed E-state index contributed by atoms with van der Waals surface area (Å²) in [5.41, 5.74) is 1.16. The highest BCUT2D eigenvalue weighted by Gasteiger charge is 2.03. The van der Waals surface area contributed by atoms with Crippen LogP contribution in [0, 0.1) is 0 Å². The summed E-state index contributed by atoms with van der Waals surface area (Å²) in [7, 11) is 1.65. The van der Waals surface area contributed by atoms with E-state index in [9.17, 15) is 0 Å². The largest absolute Gasteiger partial charge is 0.481 e. The van der Waals surface area contributed by atoms with Crippen molar-refractivity contribution in [3.63, 3.8) is 0 Å². The summed E-state index contributed by atoms with van der Waals surface area (Å²) in [6.45, 7) is 2.89. The van der Waals surface area contributed by atoms with Gasteiger partial charge in [0.2, 0.25) is 5.90 Å². The van der Waals surface area contributed by atoms with E-state index in [0.717, 1.165) is 24.4 Å². The van der Waals surface area contributed by atoms with Crippen LogP contribution in [0.15, 0.2) is 16.6 Å². The summed E-state index contributed by atoms with van der Waals surface area (Å²) in [6, 6.07) is 0. The quantitative estimate of drug-likeness (QED) is 0.479. The molecule has 1 heterocycles. The number of nitrogens with zero attached hydrogens (tertiary/aromatic N) is 1. The second-order valence-corrected chi connectivity index (χ2v) is 2.07. The van der Waals surface area contributed by atoms with Gasteiger partial charge in [-0.15, -0.1) is 0 Å². The van der Waals surface area contributed by atoms with Gasteiger partial charge in [0.25, 0.3) is 0 Å². The van der Waals surface area contributed by atoms with Gasteiger partial charge in [-0.25, -0.2) is 0 Å².